The number of benzene rings is 3. The highest BCUT2D eigenvalue weighted by molar-refractivity contribution is 6.30. The molecule has 3 aromatic carbocycles. The monoisotopic (exact) mass is 489 g/mol. The zero-order chi connectivity index (χ0) is 24.5. The molecular formula is C27H21ClFN3O3. The average Bonchev–Trinajstić information content (AvgIpc) is 2.88. The van der Waals surface area contributed by atoms with Crippen molar-refractivity contribution in [3.63, 3.8) is 0 Å². The molecule has 6 nitrogen and oxygen atoms in total. The van der Waals surface area contributed by atoms with Gasteiger partial charge in [-0.1, -0.05) is 42.0 Å². The van der Waals surface area contributed by atoms with Crippen LogP contribution in [0.25, 0.3) is 11.1 Å². The van der Waals surface area contributed by atoms with E-state index in [9.17, 15) is 18.8 Å². The van der Waals surface area contributed by atoms with E-state index in [0.29, 0.717) is 40.4 Å². The third-order valence-electron chi connectivity index (χ3n) is 6.28. The predicted molar refractivity (Wildman–Crippen MR) is 132 cm³/mol. The summed E-state index contributed by atoms with van der Waals surface area (Å²) in [5.74, 6) is -2.10. The lowest BCUT2D eigenvalue weighted by atomic mass is 9.80. The lowest BCUT2D eigenvalue weighted by Crippen LogP contribution is -2.59. The lowest BCUT2D eigenvalue weighted by Gasteiger charge is -2.38. The molecule has 0 bridgehead atoms. The molecule has 3 amide bonds. The third kappa shape index (κ3) is 4.55. The first-order valence-electron chi connectivity index (χ1n) is 11.2. The molecule has 0 saturated carbocycles. The molecule has 0 aromatic heterocycles. The number of carbonyl (C=O) groups excluding carboxylic acids is 3. The Morgan fingerprint density at radius 2 is 1.71 bits per heavy atom. The van der Waals surface area contributed by atoms with Gasteiger partial charge >= 0.3 is 0 Å². The Morgan fingerprint density at radius 3 is 2.49 bits per heavy atom. The van der Waals surface area contributed by atoms with Crippen molar-refractivity contribution in [3.8, 4) is 11.1 Å². The van der Waals surface area contributed by atoms with Gasteiger partial charge in [-0.15, -0.1) is 0 Å². The molecule has 0 radical (unpaired) electrons. The average molecular weight is 490 g/mol. The highest BCUT2D eigenvalue weighted by Crippen LogP contribution is 2.33. The summed E-state index contributed by atoms with van der Waals surface area (Å²) in [4.78, 5) is 38.8. The fourth-order valence-electron chi connectivity index (χ4n) is 4.46. The van der Waals surface area contributed by atoms with Gasteiger partial charge in [-0.2, -0.15) is 0 Å². The number of nitrogens with zero attached hydrogens (tertiary/aromatic N) is 1. The van der Waals surface area contributed by atoms with Crippen molar-refractivity contribution in [1.82, 2.24) is 5.43 Å². The van der Waals surface area contributed by atoms with Gasteiger partial charge in [0.05, 0.1) is 17.5 Å². The molecule has 1 saturated heterocycles. The quantitative estimate of drug-likeness (QED) is 0.484. The van der Waals surface area contributed by atoms with Gasteiger partial charge in [-0.05, 0) is 66.9 Å². The van der Waals surface area contributed by atoms with E-state index in [2.05, 4.69) is 10.7 Å². The minimum absolute atomic E-state index is 0.208. The van der Waals surface area contributed by atoms with E-state index in [0.717, 1.165) is 0 Å². The first kappa shape index (κ1) is 22.8. The normalized spacial score (nSPS) is 19.2. The number of hydrogen-bond donors (Lipinski definition) is 2. The Bertz CT molecular complexity index is 1360. The number of carbonyl (C=O) groups is 3. The van der Waals surface area contributed by atoms with Crippen molar-refractivity contribution in [2.45, 2.75) is 12.8 Å². The van der Waals surface area contributed by atoms with Crippen LogP contribution in [0.3, 0.4) is 0 Å². The lowest BCUT2D eigenvalue weighted by molar-refractivity contribution is -0.139. The maximum atomic E-state index is 14.0. The van der Waals surface area contributed by atoms with Crippen molar-refractivity contribution in [2.24, 2.45) is 11.8 Å². The minimum Gasteiger partial charge on any atom is -0.321 e. The van der Waals surface area contributed by atoms with Crippen LogP contribution in [0.4, 0.5) is 15.8 Å². The van der Waals surface area contributed by atoms with E-state index < -0.39 is 17.6 Å². The summed E-state index contributed by atoms with van der Waals surface area (Å²) in [5, 5.41) is 4.59. The Kier molecular flexibility index (Phi) is 6.09. The van der Waals surface area contributed by atoms with Crippen LogP contribution in [0.2, 0.25) is 5.02 Å². The maximum Gasteiger partial charge on any atom is 0.255 e. The number of halogens is 2. The van der Waals surface area contributed by atoms with Gasteiger partial charge in [0, 0.05) is 21.8 Å². The predicted octanol–water partition coefficient (Wildman–Crippen LogP) is 5.36. The molecule has 35 heavy (non-hydrogen) atoms. The summed E-state index contributed by atoms with van der Waals surface area (Å²) in [6.45, 7) is 0. The molecule has 8 heteroatoms. The summed E-state index contributed by atoms with van der Waals surface area (Å²) >= 11 is 5.97. The zero-order valence-electron chi connectivity index (χ0n) is 18.5. The number of rotatable bonds is 4. The topological polar surface area (TPSA) is 78.5 Å². The van der Waals surface area contributed by atoms with Crippen LogP contribution < -0.4 is 15.8 Å². The molecule has 2 unspecified atom stereocenters. The molecule has 0 spiro atoms. The van der Waals surface area contributed by atoms with Crippen LogP contribution in [0.15, 0.2) is 78.9 Å². The fourth-order valence-corrected chi connectivity index (χ4v) is 4.58. The van der Waals surface area contributed by atoms with Crippen molar-refractivity contribution in [1.29, 1.82) is 0 Å². The molecule has 176 valence electrons. The van der Waals surface area contributed by atoms with E-state index in [1.165, 1.54) is 29.3 Å². The number of hydrazine groups is 1. The molecule has 1 fully saturated rings. The standard InChI is InChI=1S/C27H21ClFN3O3/c28-18-10-8-16(9-11-18)23-15-19(29)12-13-24(23)30-25(33)17-4-3-5-20(14-17)32-27(35)22-7-2-1-6-21(22)26(34)31-32/h1-5,8-15,21-22H,6-7H2,(H,30,33)(H,31,34). The van der Waals surface area contributed by atoms with Crippen LogP contribution in [-0.2, 0) is 9.59 Å². The second-order valence-electron chi connectivity index (χ2n) is 8.51. The van der Waals surface area contributed by atoms with E-state index in [4.69, 9.17) is 11.6 Å². The van der Waals surface area contributed by atoms with Crippen molar-refractivity contribution in [3.05, 3.63) is 95.3 Å². The Balaban J connectivity index is 1.41. The van der Waals surface area contributed by atoms with Crippen LogP contribution in [0.1, 0.15) is 23.2 Å². The molecule has 2 atom stereocenters. The van der Waals surface area contributed by atoms with Gasteiger partial charge < -0.3 is 5.32 Å². The summed E-state index contributed by atoms with van der Waals surface area (Å²) in [5.41, 5.74) is 4.95. The van der Waals surface area contributed by atoms with Gasteiger partial charge in [0.2, 0.25) is 11.8 Å². The van der Waals surface area contributed by atoms with Gasteiger partial charge in [0.1, 0.15) is 5.82 Å². The molecule has 5 rings (SSSR count). The fraction of sp³-hybridized carbons (Fsp3) is 0.148. The van der Waals surface area contributed by atoms with Crippen molar-refractivity contribution >= 4 is 40.7 Å². The van der Waals surface area contributed by atoms with E-state index in [-0.39, 0.29) is 23.3 Å². The number of allylic oxidation sites excluding steroid dienone is 2. The Labute approximate surface area is 206 Å². The number of hydrogen-bond acceptors (Lipinski definition) is 3. The van der Waals surface area contributed by atoms with Crippen LogP contribution in [0, 0.1) is 17.7 Å². The second-order valence-corrected chi connectivity index (χ2v) is 8.94. The molecular weight excluding hydrogens is 469 g/mol. The SMILES string of the molecule is O=C(Nc1ccc(F)cc1-c1ccc(Cl)cc1)c1cccc(N2NC(=O)C3CC=CCC3C2=O)c1. The summed E-state index contributed by atoms with van der Waals surface area (Å²) < 4.78 is 14.0. The molecule has 1 aliphatic heterocycles. The Morgan fingerprint density at radius 1 is 0.971 bits per heavy atom. The second kappa shape index (κ2) is 9.35. The van der Waals surface area contributed by atoms with Crippen molar-refractivity contribution in [2.75, 3.05) is 10.3 Å². The van der Waals surface area contributed by atoms with E-state index in [1.807, 2.05) is 12.2 Å². The largest absolute Gasteiger partial charge is 0.321 e. The first-order chi connectivity index (χ1) is 16.9. The van der Waals surface area contributed by atoms with Gasteiger partial charge in [-0.3, -0.25) is 19.8 Å². The highest BCUT2D eigenvalue weighted by Gasteiger charge is 2.42. The maximum absolute atomic E-state index is 14.0. The summed E-state index contributed by atoms with van der Waals surface area (Å²) in [6, 6.07) is 17.4. The Hall–Kier alpha value is -3.97. The van der Waals surface area contributed by atoms with Gasteiger partial charge in [0.15, 0.2) is 0 Å². The zero-order valence-corrected chi connectivity index (χ0v) is 19.3. The number of anilines is 2. The molecule has 1 aliphatic carbocycles. The summed E-state index contributed by atoms with van der Waals surface area (Å²) in [6.07, 6.45) is 4.88. The van der Waals surface area contributed by atoms with Crippen LogP contribution in [-0.4, -0.2) is 17.7 Å². The molecule has 1 heterocycles. The van der Waals surface area contributed by atoms with Gasteiger partial charge in [0.25, 0.3) is 5.91 Å². The van der Waals surface area contributed by atoms with E-state index in [1.54, 1.807) is 42.5 Å². The minimum atomic E-state index is -0.442. The van der Waals surface area contributed by atoms with Crippen LogP contribution in [0.5, 0.6) is 0 Å². The number of nitrogens with one attached hydrogen (secondary N) is 2. The number of amides is 3. The smallest absolute Gasteiger partial charge is 0.255 e. The van der Waals surface area contributed by atoms with Crippen molar-refractivity contribution < 1.29 is 18.8 Å². The van der Waals surface area contributed by atoms with E-state index >= 15 is 0 Å². The summed E-state index contributed by atoms with van der Waals surface area (Å²) in [7, 11) is 0. The van der Waals surface area contributed by atoms with Crippen LogP contribution >= 0.6 is 11.6 Å². The molecule has 3 aromatic rings. The molecule has 2 N–H and O–H groups in total. The molecule has 2 aliphatic rings. The first-order valence-corrected chi connectivity index (χ1v) is 11.5. The number of fused-ring (bicyclic) bond motifs is 1. The highest BCUT2D eigenvalue weighted by atomic mass is 35.5. The third-order valence-corrected chi connectivity index (χ3v) is 6.53. The van der Waals surface area contributed by atoms with Gasteiger partial charge in [-0.25, -0.2) is 9.40 Å².